The summed E-state index contributed by atoms with van der Waals surface area (Å²) in [4.78, 5) is 56.4. The second-order valence-corrected chi connectivity index (χ2v) is 15.1. The number of ether oxygens (including phenoxy) is 2. The Balaban J connectivity index is 1.17. The van der Waals surface area contributed by atoms with Gasteiger partial charge in [-0.05, 0) is 36.5 Å². The van der Waals surface area contributed by atoms with Crippen molar-refractivity contribution in [1.29, 1.82) is 0 Å². The van der Waals surface area contributed by atoms with E-state index in [2.05, 4.69) is 47.2 Å². The standard InChI is InChI=1S/C19H24FN11O9P2S2/c20-11-10(5-36-41(33,34)43)39-18(31-15-12(28-29-31)17(32)27-19(22)26-15)13(11)40-42(35,44)37-4-7-1-2-9(38-7)8-3-23-16-14(21)24-6-25-30(8)16/h3,6-7,9-11,13,18H,1-2,4-5H2,(H,35,44)(H2,21,24,25)(H2,33,34,43)(H3,22,26,27,32)/t7-,9+,10+,11?,13?,18+,42?/m0/s1. The van der Waals surface area contributed by atoms with Crippen molar-refractivity contribution in [3.05, 3.63) is 28.6 Å². The molecule has 2 aliphatic rings. The van der Waals surface area contributed by atoms with Gasteiger partial charge in [-0.15, -0.1) is 5.10 Å². The summed E-state index contributed by atoms with van der Waals surface area (Å²) in [5.41, 5.74) is 11.4. The third-order valence-corrected chi connectivity index (χ3v) is 9.10. The first-order valence-corrected chi connectivity index (χ1v) is 17.9. The van der Waals surface area contributed by atoms with Crippen LogP contribution < -0.4 is 17.0 Å². The number of hydrogen-bond acceptors (Lipinski definition) is 16. The fourth-order valence-corrected chi connectivity index (χ4v) is 6.77. The molecule has 0 aromatic carbocycles. The Morgan fingerprint density at radius 3 is 2.70 bits per heavy atom. The van der Waals surface area contributed by atoms with Crippen LogP contribution in [-0.4, -0.2) is 96.9 Å². The molecule has 0 bridgehead atoms. The van der Waals surface area contributed by atoms with Gasteiger partial charge in [-0.2, -0.15) is 14.8 Å². The third kappa shape index (κ3) is 6.36. The fourth-order valence-electron chi connectivity index (χ4n) is 4.82. The zero-order valence-corrected chi connectivity index (χ0v) is 25.5. The van der Waals surface area contributed by atoms with E-state index >= 15 is 4.39 Å². The van der Waals surface area contributed by atoms with Crippen LogP contribution in [0.2, 0.25) is 0 Å². The number of nitrogens with zero attached hydrogens (tertiary/aromatic N) is 8. The molecule has 0 amide bonds. The van der Waals surface area contributed by atoms with Crippen LogP contribution in [0.15, 0.2) is 17.3 Å². The van der Waals surface area contributed by atoms with Crippen LogP contribution in [0.1, 0.15) is 30.9 Å². The van der Waals surface area contributed by atoms with E-state index in [1.807, 2.05) is 0 Å². The maximum absolute atomic E-state index is 15.7. The average Bonchev–Trinajstić information content (AvgIpc) is 3.73. The van der Waals surface area contributed by atoms with E-state index in [9.17, 15) is 19.5 Å². The van der Waals surface area contributed by atoms with E-state index in [0.29, 0.717) is 24.2 Å². The highest BCUT2D eigenvalue weighted by Gasteiger charge is 2.51. The lowest BCUT2D eigenvalue weighted by Gasteiger charge is -2.25. The maximum atomic E-state index is 15.7. The van der Waals surface area contributed by atoms with Crippen molar-refractivity contribution in [2.24, 2.45) is 0 Å². The molecule has 238 valence electrons. The summed E-state index contributed by atoms with van der Waals surface area (Å²) in [5, 5.41) is 11.7. The minimum Gasteiger partial charge on any atom is -0.381 e. The van der Waals surface area contributed by atoms with Crippen LogP contribution >= 0.6 is 13.4 Å². The number of nitrogen functional groups attached to an aromatic ring is 2. The molecule has 6 rings (SSSR count). The Morgan fingerprint density at radius 1 is 1.14 bits per heavy atom. The Bertz CT molecular complexity index is 1860. The largest absolute Gasteiger partial charge is 0.381 e. The molecule has 0 saturated carbocycles. The van der Waals surface area contributed by atoms with Gasteiger partial charge in [-0.3, -0.25) is 14.3 Å². The molecule has 20 nitrogen and oxygen atoms in total. The zero-order valence-electron chi connectivity index (χ0n) is 22.1. The van der Waals surface area contributed by atoms with Crippen molar-refractivity contribution in [3.8, 4) is 0 Å². The molecular weight excluding hydrogens is 671 g/mol. The predicted octanol–water partition coefficient (Wildman–Crippen LogP) is -0.883. The van der Waals surface area contributed by atoms with Gasteiger partial charge >= 0.3 is 13.4 Å². The minimum absolute atomic E-state index is 0.190. The van der Waals surface area contributed by atoms with E-state index < -0.39 is 62.4 Å². The normalized spacial score (nSPS) is 27.4. The fraction of sp³-hybridized carbons (Fsp3) is 0.526. The zero-order chi connectivity index (χ0) is 31.4. The lowest BCUT2D eigenvalue weighted by Crippen LogP contribution is -2.32. The molecule has 3 unspecified atom stereocenters. The average molecular weight is 696 g/mol. The first-order valence-electron chi connectivity index (χ1n) is 12.7. The maximum Gasteiger partial charge on any atom is 0.325 e. The topological polar surface area (TPSA) is 278 Å². The van der Waals surface area contributed by atoms with Crippen molar-refractivity contribution in [1.82, 2.24) is 44.5 Å². The predicted molar refractivity (Wildman–Crippen MR) is 153 cm³/mol. The molecule has 7 atom stereocenters. The van der Waals surface area contributed by atoms with Gasteiger partial charge in [-0.1, -0.05) is 5.21 Å². The SMILES string of the molecule is Nc1nc2c(nnn2[C@@H]2O[C@H](COP(O)(O)=S)C(F)C2OP(O)(=S)OC[C@@H]2CC[C@H](c3cnc4c(N)ncnn34)O2)c(=O)[nH]1. The van der Waals surface area contributed by atoms with Crippen LogP contribution in [0, 0.1) is 0 Å². The molecule has 2 aliphatic heterocycles. The highest BCUT2D eigenvalue weighted by Crippen LogP contribution is 2.51. The van der Waals surface area contributed by atoms with Crippen LogP contribution in [0.4, 0.5) is 16.2 Å². The molecule has 0 spiro atoms. The number of aromatic nitrogens is 9. The van der Waals surface area contributed by atoms with Crippen molar-refractivity contribution in [3.63, 3.8) is 0 Å². The van der Waals surface area contributed by atoms with Crippen molar-refractivity contribution >= 4 is 65.6 Å². The van der Waals surface area contributed by atoms with Gasteiger partial charge in [0.25, 0.3) is 5.56 Å². The summed E-state index contributed by atoms with van der Waals surface area (Å²) in [6.07, 6.45) is -3.88. The van der Waals surface area contributed by atoms with Gasteiger partial charge in [0.1, 0.15) is 24.6 Å². The molecule has 8 N–H and O–H groups in total. The van der Waals surface area contributed by atoms with Gasteiger partial charge < -0.3 is 44.7 Å². The molecule has 6 heterocycles. The summed E-state index contributed by atoms with van der Waals surface area (Å²) in [6, 6.07) is 0. The number of aromatic amines is 1. The minimum atomic E-state index is -4.20. The lowest BCUT2D eigenvalue weighted by molar-refractivity contribution is -0.0535. The number of imidazole rings is 1. The van der Waals surface area contributed by atoms with Crippen LogP contribution in [0.25, 0.3) is 16.8 Å². The molecule has 0 aliphatic carbocycles. The number of fused-ring (bicyclic) bond motifs is 2. The Labute approximate surface area is 255 Å². The Hall–Kier alpha value is -2.66. The van der Waals surface area contributed by atoms with E-state index in [0.717, 1.165) is 4.68 Å². The van der Waals surface area contributed by atoms with Gasteiger partial charge in [0, 0.05) is 0 Å². The number of anilines is 2. The second-order valence-electron chi connectivity index (χ2n) is 9.68. The monoisotopic (exact) mass is 695 g/mol. The molecular formula is C19H24FN11O9P2S2. The number of H-pyrrole nitrogens is 1. The van der Waals surface area contributed by atoms with Gasteiger partial charge in [0.05, 0.1) is 31.2 Å². The quantitative estimate of drug-likeness (QED) is 0.110. The highest BCUT2D eigenvalue weighted by atomic mass is 32.5. The third-order valence-electron chi connectivity index (χ3n) is 6.74. The number of halogens is 1. The number of nitrogens with one attached hydrogen (secondary N) is 1. The van der Waals surface area contributed by atoms with Gasteiger partial charge in [0.15, 0.2) is 35.0 Å². The molecule has 4 aromatic heterocycles. The molecule has 4 aromatic rings. The molecule has 2 saturated heterocycles. The Kier molecular flexibility index (Phi) is 8.49. The van der Waals surface area contributed by atoms with Crippen molar-refractivity contribution in [2.75, 3.05) is 24.7 Å². The first-order chi connectivity index (χ1) is 20.8. The smallest absolute Gasteiger partial charge is 0.325 e. The lowest BCUT2D eigenvalue weighted by atomic mass is 10.1. The van der Waals surface area contributed by atoms with Crippen LogP contribution in [0.3, 0.4) is 0 Å². The van der Waals surface area contributed by atoms with Gasteiger partial charge in [0.2, 0.25) is 5.95 Å². The summed E-state index contributed by atoms with van der Waals surface area (Å²) in [7, 11) is 0. The summed E-state index contributed by atoms with van der Waals surface area (Å²) in [5.74, 6) is -0.0797. The molecule has 0 radical (unpaired) electrons. The Morgan fingerprint density at radius 2 is 1.93 bits per heavy atom. The number of rotatable bonds is 10. The van der Waals surface area contributed by atoms with Crippen molar-refractivity contribution in [2.45, 2.75) is 49.7 Å². The molecule has 25 heteroatoms. The number of alkyl halides is 1. The van der Waals surface area contributed by atoms with Gasteiger partial charge in [-0.25, -0.2) is 18.9 Å². The highest BCUT2D eigenvalue weighted by molar-refractivity contribution is 8.07. The van der Waals surface area contributed by atoms with E-state index in [1.54, 1.807) is 6.20 Å². The van der Waals surface area contributed by atoms with E-state index in [-0.39, 0.29) is 29.5 Å². The summed E-state index contributed by atoms with van der Waals surface area (Å²) < 4.78 is 45.8. The van der Waals surface area contributed by atoms with E-state index in [4.69, 9.17) is 46.3 Å². The van der Waals surface area contributed by atoms with Crippen LogP contribution in [0.5, 0.6) is 0 Å². The first kappa shape index (κ1) is 31.3. The summed E-state index contributed by atoms with van der Waals surface area (Å²) >= 11 is 9.61. The van der Waals surface area contributed by atoms with Crippen molar-refractivity contribution < 1.29 is 42.1 Å². The van der Waals surface area contributed by atoms with Crippen LogP contribution in [-0.2, 0) is 46.7 Å². The second kappa shape index (κ2) is 11.9. The summed E-state index contributed by atoms with van der Waals surface area (Å²) in [6.45, 7) is -9.31. The molecule has 44 heavy (non-hydrogen) atoms. The van der Waals surface area contributed by atoms with E-state index in [1.165, 1.54) is 10.8 Å². The molecule has 2 fully saturated rings. The number of hydrogen-bond donors (Lipinski definition) is 6. The number of nitrogens with two attached hydrogens (primary N) is 2.